The van der Waals surface area contributed by atoms with E-state index in [1.165, 1.54) is 31.7 Å². The van der Waals surface area contributed by atoms with Gasteiger partial charge in [0.15, 0.2) is 0 Å². The SMILES string of the molecule is Cc1ccc(-c2noc(CN(C(C)C)C3CCCC3)n2)cc1F. The van der Waals surface area contributed by atoms with E-state index < -0.39 is 0 Å². The van der Waals surface area contributed by atoms with Gasteiger partial charge in [0.05, 0.1) is 6.54 Å². The monoisotopic (exact) mass is 317 g/mol. The van der Waals surface area contributed by atoms with Crippen LogP contribution in [-0.2, 0) is 6.54 Å². The number of hydrogen-bond donors (Lipinski definition) is 0. The number of aryl methyl sites for hydroxylation is 1. The van der Waals surface area contributed by atoms with Crippen LogP contribution in [0.2, 0.25) is 0 Å². The van der Waals surface area contributed by atoms with Crippen LogP contribution in [0.4, 0.5) is 4.39 Å². The van der Waals surface area contributed by atoms with Gasteiger partial charge in [0.25, 0.3) is 0 Å². The highest BCUT2D eigenvalue weighted by Crippen LogP contribution is 2.27. The summed E-state index contributed by atoms with van der Waals surface area (Å²) in [4.78, 5) is 6.89. The minimum atomic E-state index is -0.247. The van der Waals surface area contributed by atoms with Gasteiger partial charge in [-0.3, -0.25) is 4.90 Å². The molecular weight excluding hydrogens is 293 g/mol. The summed E-state index contributed by atoms with van der Waals surface area (Å²) in [6.45, 7) is 6.79. The van der Waals surface area contributed by atoms with Crippen molar-refractivity contribution in [3.05, 3.63) is 35.5 Å². The zero-order valence-electron chi connectivity index (χ0n) is 14.1. The third kappa shape index (κ3) is 3.61. The predicted molar refractivity (Wildman–Crippen MR) is 87.4 cm³/mol. The number of halogens is 1. The molecular formula is C18H24FN3O. The molecule has 1 fully saturated rings. The van der Waals surface area contributed by atoms with Crippen molar-refractivity contribution in [2.24, 2.45) is 0 Å². The molecule has 0 amide bonds. The van der Waals surface area contributed by atoms with E-state index in [4.69, 9.17) is 4.52 Å². The normalized spacial score (nSPS) is 15.9. The first-order chi connectivity index (χ1) is 11.0. The molecule has 1 aliphatic rings. The lowest BCUT2D eigenvalue weighted by atomic mass is 10.1. The largest absolute Gasteiger partial charge is 0.338 e. The Hall–Kier alpha value is -1.75. The van der Waals surface area contributed by atoms with E-state index in [2.05, 4.69) is 28.9 Å². The maximum absolute atomic E-state index is 13.7. The van der Waals surface area contributed by atoms with Crippen LogP contribution in [-0.4, -0.2) is 27.1 Å². The van der Waals surface area contributed by atoms with Crippen molar-refractivity contribution in [3.63, 3.8) is 0 Å². The van der Waals surface area contributed by atoms with Gasteiger partial charge in [-0.2, -0.15) is 4.98 Å². The molecule has 0 bridgehead atoms. The Morgan fingerprint density at radius 2 is 2.04 bits per heavy atom. The predicted octanol–water partition coefficient (Wildman–Crippen LogP) is 4.34. The summed E-state index contributed by atoms with van der Waals surface area (Å²) >= 11 is 0. The average Bonchev–Trinajstić information content (AvgIpc) is 3.18. The topological polar surface area (TPSA) is 42.2 Å². The van der Waals surface area contributed by atoms with Crippen LogP contribution in [0.25, 0.3) is 11.4 Å². The summed E-state index contributed by atoms with van der Waals surface area (Å²) < 4.78 is 19.1. The lowest BCUT2D eigenvalue weighted by molar-refractivity contribution is 0.128. The van der Waals surface area contributed by atoms with Crippen LogP contribution >= 0.6 is 0 Å². The Kier molecular flexibility index (Phi) is 4.76. The quantitative estimate of drug-likeness (QED) is 0.823. The smallest absolute Gasteiger partial charge is 0.241 e. The van der Waals surface area contributed by atoms with E-state index in [0.29, 0.717) is 41.5 Å². The molecule has 0 N–H and O–H groups in total. The summed E-state index contributed by atoms with van der Waals surface area (Å²) in [6.07, 6.45) is 5.07. The van der Waals surface area contributed by atoms with E-state index in [0.717, 1.165) is 0 Å². The highest BCUT2D eigenvalue weighted by atomic mass is 19.1. The van der Waals surface area contributed by atoms with E-state index in [1.807, 2.05) is 6.07 Å². The van der Waals surface area contributed by atoms with E-state index in [1.54, 1.807) is 13.0 Å². The second-order valence-electron chi connectivity index (χ2n) is 6.68. The highest BCUT2D eigenvalue weighted by Gasteiger charge is 2.26. The molecule has 23 heavy (non-hydrogen) atoms. The lowest BCUT2D eigenvalue weighted by Gasteiger charge is -2.31. The van der Waals surface area contributed by atoms with Crippen LogP contribution < -0.4 is 0 Å². The third-order valence-electron chi connectivity index (χ3n) is 4.67. The second-order valence-corrected chi connectivity index (χ2v) is 6.68. The van der Waals surface area contributed by atoms with Crippen molar-refractivity contribution in [3.8, 4) is 11.4 Å². The zero-order valence-corrected chi connectivity index (χ0v) is 14.1. The maximum Gasteiger partial charge on any atom is 0.241 e. The Labute approximate surface area is 136 Å². The third-order valence-corrected chi connectivity index (χ3v) is 4.67. The number of rotatable bonds is 5. The van der Waals surface area contributed by atoms with Gasteiger partial charge in [0.2, 0.25) is 11.7 Å². The first-order valence-electron chi connectivity index (χ1n) is 8.39. The van der Waals surface area contributed by atoms with Gasteiger partial charge in [-0.15, -0.1) is 0 Å². The van der Waals surface area contributed by atoms with Crippen LogP contribution in [0.3, 0.4) is 0 Å². The molecule has 4 nitrogen and oxygen atoms in total. The first kappa shape index (κ1) is 16.1. The summed E-state index contributed by atoms with van der Waals surface area (Å²) in [7, 11) is 0. The average molecular weight is 317 g/mol. The zero-order chi connectivity index (χ0) is 16.4. The molecule has 0 aliphatic heterocycles. The molecule has 1 heterocycles. The van der Waals surface area contributed by atoms with Gasteiger partial charge >= 0.3 is 0 Å². The van der Waals surface area contributed by atoms with Gasteiger partial charge in [0.1, 0.15) is 5.82 Å². The van der Waals surface area contributed by atoms with Crippen LogP contribution in [0.5, 0.6) is 0 Å². The van der Waals surface area contributed by atoms with Gasteiger partial charge < -0.3 is 4.52 Å². The van der Waals surface area contributed by atoms with Crippen LogP contribution in [0, 0.1) is 12.7 Å². The first-order valence-corrected chi connectivity index (χ1v) is 8.39. The van der Waals surface area contributed by atoms with Crippen molar-refractivity contribution in [1.82, 2.24) is 15.0 Å². The molecule has 0 saturated heterocycles. The van der Waals surface area contributed by atoms with Crippen LogP contribution in [0.15, 0.2) is 22.7 Å². The minimum absolute atomic E-state index is 0.247. The van der Waals surface area contributed by atoms with Gasteiger partial charge in [-0.25, -0.2) is 4.39 Å². The molecule has 1 aromatic carbocycles. The molecule has 0 unspecified atom stereocenters. The Balaban J connectivity index is 1.76. The summed E-state index contributed by atoms with van der Waals surface area (Å²) in [5.74, 6) is 0.805. The number of nitrogens with zero attached hydrogens (tertiary/aromatic N) is 3. The number of benzene rings is 1. The molecule has 0 atom stereocenters. The van der Waals surface area contributed by atoms with Crippen molar-refractivity contribution in [2.45, 2.75) is 65.1 Å². The number of hydrogen-bond acceptors (Lipinski definition) is 4. The molecule has 124 valence electrons. The van der Waals surface area contributed by atoms with Crippen molar-refractivity contribution in [1.29, 1.82) is 0 Å². The van der Waals surface area contributed by atoms with Crippen molar-refractivity contribution < 1.29 is 8.91 Å². The van der Waals surface area contributed by atoms with E-state index in [9.17, 15) is 4.39 Å². The van der Waals surface area contributed by atoms with Gasteiger partial charge in [-0.1, -0.05) is 30.1 Å². The van der Waals surface area contributed by atoms with Gasteiger partial charge in [0, 0.05) is 17.6 Å². The standard InChI is InChI=1S/C18H24FN3O/c1-12(2)22(15-6-4-5-7-15)11-17-20-18(21-23-17)14-9-8-13(3)16(19)10-14/h8-10,12,15H,4-7,11H2,1-3H3. The summed E-state index contributed by atoms with van der Waals surface area (Å²) in [6, 6.07) is 6.05. The van der Waals surface area contributed by atoms with E-state index >= 15 is 0 Å². The second kappa shape index (κ2) is 6.79. The molecule has 0 radical (unpaired) electrons. The van der Waals surface area contributed by atoms with E-state index in [-0.39, 0.29) is 5.82 Å². The molecule has 1 aromatic heterocycles. The Bertz CT molecular complexity index is 662. The number of aromatic nitrogens is 2. The Morgan fingerprint density at radius 1 is 1.30 bits per heavy atom. The van der Waals surface area contributed by atoms with Crippen LogP contribution in [0.1, 0.15) is 51.0 Å². The summed E-state index contributed by atoms with van der Waals surface area (Å²) in [5.41, 5.74) is 1.27. The fourth-order valence-electron chi connectivity index (χ4n) is 3.29. The molecule has 5 heteroatoms. The fraction of sp³-hybridized carbons (Fsp3) is 0.556. The molecule has 1 aliphatic carbocycles. The molecule has 1 saturated carbocycles. The molecule has 2 aromatic rings. The maximum atomic E-state index is 13.7. The Morgan fingerprint density at radius 3 is 2.70 bits per heavy atom. The van der Waals surface area contributed by atoms with Crippen molar-refractivity contribution in [2.75, 3.05) is 0 Å². The lowest BCUT2D eigenvalue weighted by Crippen LogP contribution is -2.38. The molecule has 3 rings (SSSR count). The fourth-order valence-corrected chi connectivity index (χ4v) is 3.29. The minimum Gasteiger partial charge on any atom is -0.338 e. The van der Waals surface area contributed by atoms with Gasteiger partial charge in [-0.05, 0) is 45.2 Å². The summed E-state index contributed by atoms with van der Waals surface area (Å²) in [5, 5.41) is 4.02. The molecule has 0 spiro atoms. The highest BCUT2D eigenvalue weighted by molar-refractivity contribution is 5.54. The van der Waals surface area contributed by atoms with Crippen molar-refractivity contribution >= 4 is 0 Å².